The van der Waals surface area contributed by atoms with Crippen LogP contribution in [-0.2, 0) is 16.0 Å². The van der Waals surface area contributed by atoms with E-state index >= 15 is 0 Å². The number of carbonyl (C=O) groups excluding carboxylic acids is 3. The number of anilines is 2. The average molecular weight is 450 g/mol. The Morgan fingerprint density at radius 3 is 2.42 bits per heavy atom. The molecule has 2 N–H and O–H groups in total. The lowest BCUT2D eigenvalue weighted by Gasteiger charge is -2.34. The standard InChI is InChI=1S/C25H31N5O3/c1-18-7-10-20(11-8-18)26-25(33)27-21-12-9-19-5-3-4-6-22(19)30(24(21)32)17-23(31)29-15-13-28(2)14-16-29/h3-8,10-11,21H,9,12-17H2,1-2H3,(H2,26,27,33). The van der Waals surface area contributed by atoms with Crippen molar-refractivity contribution in [3.8, 4) is 0 Å². The summed E-state index contributed by atoms with van der Waals surface area (Å²) >= 11 is 0. The van der Waals surface area contributed by atoms with Crippen LogP contribution in [0.25, 0.3) is 0 Å². The zero-order valence-corrected chi connectivity index (χ0v) is 19.2. The van der Waals surface area contributed by atoms with Gasteiger partial charge in [-0.15, -0.1) is 0 Å². The Morgan fingerprint density at radius 1 is 1.00 bits per heavy atom. The largest absolute Gasteiger partial charge is 0.339 e. The number of carbonyl (C=O) groups is 3. The van der Waals surface area contributed by atoms with Gasteiger partial charge in [0.2, 0.25) is 11.8 Å². The third-order valence-corrected chi connectivity index (χ3v) is 6.31. The number of likely N-dealkylation sites (N-methyl/N-ethyl adjacent to an activating group) is 1. The molecule has 0 saturated carbocycles. The lowest BCUT2D eigenvalue weighted by molar-refractivity contribution is -0.133. The smallest absolute Gasteiger partial charge is 0.319 e. The number of urea groups is 1. The average Bonchev–Trinajstić information content (AvgIpc) is 2.93. The number of aryl methyl sites for hydroxylation is 2. The monoisotopic (exact) mass is 449 g/mol. The highest BCUT2D eigenvalue weighted by Gasteiger charge is 2.33. The molecule has 33 heavy (non-hydrogen) atoms. The van der Waals surface area contributed by atoms with Crippen LogP contribution in [0, 0.1) is 6.92 Å². The number of hydrogen-bond donors (Lipinski definition) is 2. The van der Waals surface area contributed by atoms with Crippen molar-refractivity contribution in [3.63, 3.8) is 0 Å². The van der Waals surface area contributed by atoms with Crippen molar-refractivity contribution in [1.29, 1.82) is 0 Å². The molecule has 0 radical (unpaired) electrons. The molecule has 4 rings (SSSR count). The summed E-state index contributed by atoms with van der Waals surface area (Å²) in [4.78, 5) is 44.7. The summed E-state index contributed by atoms with van der Waals surface area (Å²) in [6.45, 7) is 4.89. The maximum Gasteiger partial charge on any atom is 0.319 e. The topological polar surface area (TPSA) is 85.0 Å². The van der Waals surface area contributed by atoms with Crippen LogP contribution in [0.15, 0.2) is 48.5 Å². The Kier molecular flexibility index (Phi) is 6.93. The predicted octanol–water partition coefficient (Wildman–Crippen LogP) is 2.24. The summed E-state index contributed by atoms with van der Waals surface area (Å²) in [5.74, 6) is -0.336. The Balaban J connectivity index is 1.48. The second-order valence-corrected chi connectivity index (χ2v) is 8.79. The molecule has 1 fully saturated rings. The Morgan fingerprint density at radius 2 is 1.70 bits per heavy atom. The van der Waals surface area contributed by atoms with Gasteiger partial charge in [0.1, 0.15) is 12.6 Å². The first-order chi connectivity index (χ1) is 15.9. The van der Waals surface area contributed by atoms with Crippen molar-refractivity contribution >= 4 is 29.2 Å². The minimum absolute atomic E-state index is 0.0304. The number of nitrogens with one attached hydrogen (secondary N) is 2. The van der Waals surface area contributed by atoms with Crippen LogP contribution in [0.2, 0.25) is 0 Å². The van der Waals surface area contributed by atoms with Gasteiger partial charge in [0.05, 0.1) is 0 Å². The van der Waals surface area contributed by atoms with E-state index in [0.717, 1.165) is 29.9 Å². The molecule has 4 amide bonds. The summed E-state index contributed by atoms with van der Waals surface area (Å²) in [5.41, 5.74) is 3.50. The Hall–Kier alpha value is -3.39. The van der Waals surface area contributed by atoms with Crippen LogP contribution in [-0.4, -0.2) is 73.5 Å². The zero-order chi connectivity index (χ0) is 23.4. The van der Waals surface area contributed by atoms with E-state index in [-0.39, 0.29) is 18.4 Å². The summed E-state index contributed by atoms with van der Waals surface area (Å²) in [6, 6.07) is 14.0. The molecule has 8 nitrogen and oxygen atoms in total. The highest BCUT2D eigenvalue weighted by atomic mass is 16.2. The van der Waals surface area contributed by atoms with Crippen LogP contribution in [0.3, 0.4) is 0 Å². The number of hydrogen-bond acceptors (Lipinski definition) is 4. The van der Waals surface area contributed by atoms with Crippen LogP contribution in [0.5, 0.6) is 0 Å². The highest BCUT2D eigenvalue weighted by molar-refractivity contribution is 6.04. The van der Waals surface area contributed by atoms with Crippen molar-refractivity contribution in [2.24, 2.45) is 0 Å². The van der Waals surface area contributed by atoms with E-state index < -0.39 is 12.1 Å². The zero-order valence-electron chi connectivity index (χ0n) is 19.2. The second-order valence-electron chi connectivity index (χ2n) is 8.79. The van der Waals surface area contributed by atoms with Gasteiger partial charge < -0.3 is 25.3 Å². The van der Waals surface area contributed by atoms with Gasteiger partial charge in [-0.3, -0.25) is 9.59 Å². The van der Waals surface area contributed by atoms with Crippen molar-refractivity contribution in [3.05, 3.63) is 59.7 Å². The minimum atomic E-state index is -0.719. The van der Waals surface area contributed by atoms with Gasteiger partial charge in [-0.25, -0.2) is 4.79 Å². The van der Waals surface area contributed by atoms with Crippen molar-refractivity contribution in [1.82, 2.24) is 15.1 Å². The fourth-order valence-electron chi connectivity index (χ4n) is 4.27. The number of benzene rings is 2. The third kappa shape index (κ3) is 5.51. The molecule has 1 saturated heterocycles. The van der Waals surface area contributed by atoms with Gasteiger partial charge in [-0.1, -0.05) is 35.9 Å². The SMILES string of the molecule is Cc1ccc(NC(=O)NC2CCc3ccccc3N(CC(=O)N3CCN(C)CC3)C2=O)cc1. The molecule has 2 aromatic carbocycles. The van der Waals surface area contributed by atoms with Gasteiger partial charge in [0.25, 0.3) is 0 Å². The van der Waals surface area contributed by atoms with E-state index in [1.54, 1.807) is 4.90 Å². The van der Waals surface area contributed by atoms with E-state index in [1.165, 1.54) is 0 Å². The van der Waals surface area contributed by atoms with Gasteiger partial charge in [-0.2, -0.15) is 0 Å². The van der Waals surface area contributed by atoms with Crippen LogP contribution < -0.4 is 15.5 Å². The molecular weight excluding hydrogens is 418 g/mol. The molecule has 0 aromatic heterocycles. The molecule has 174 valence electrons. The molecule has 1 atom stereocenters. The predicted molar refractivity (Wildman–Crippen MR) is 128 cm³/mol. The molecule has 2 heterocycles. The van der Waals surface area contributed by atoms with Crippen molar-refractivity contribution < 1.29 is 14.4 Å². The van der Waals surface area contributed by atoms with Crippen LogP contribution >= 0.6 is 0 Å². The van der Waals surface area contributed by atoms with E-state index in [4.69, 9.17) is 0 Å². The van der Waals surface area contributed by atoms with E-state index in [0.29, 0.717) is 31.6 Å². The van der Waals surface area contributed by atoms with Crippen LogP contribution in [0.1, 0.15) is 17.5 Å². The minimum Gasteiger partial charge on any atom is -0.339 e. The molecule has 1 unspecified atom stereocenters. The number of para-hydroxylation sites is 1. The molecule has 2 aliphatic heterocycles. The van der Waals surface area contributed by atoms with Gasteiger partial charge in [0.15, 0.2) is 0 Å². The van der Waals surface area contributed by atoms with Crippen LogP contribution in [0.4, 0.5) is 16.2 Å². The maximum atomic E-state index is 13.5. The first-order valence-corrected chi connectivity index (χ1v) is 11.4. The summed E-state index contributed by atoms with van der Waals surface area (Å²) in [6.07, 6.45) is 1.10. The molecule has 0 aliphatic carbocycles. The summed E-state index contributed by atoms with van der Waals surface area (Å²) in [5, 5.41) is 5.61. The van der Waals surface area contributed by atoms with E-state index in [2.05, 4.69) is 15.5 Å². The van der Waals surface area contributed by atoms with Gasteiger partial charge in [-0.05, 0) is 50.6 Å². The number of nitrogens with zero attached hydrogens (tertiary/aromatic N) is 3. The van der Waals surface area contributed by atoms with Gasteiger partial charge in [0, 0.05) is 37.6 Å². The second kappa shape index (κ2) is 10.0. The van der Waals surface area contributed by atoms with Crippen molar-refractivity contribution in [2.45, 2.75) is 25.8 Å². The number of rotatable bonds is 4. The van der Waals surface area contributed by atoms with E-state index in [9.17, 15) is 14.4 Å². The molecule has 2 aliphatic rings. The Bertz CT molecular complexity index is 1010. The first kappa shape index (κ1) is 22.8. The fraction of sp³-hybridized carbons (Fsp3) is 0.400. The van der Waals surface area contributed by atoms with E-state index in [1.807, 2.05) is 67.4 Å². The summed E-state index contributed by atoms with van der Waals surface area (Å²) < 4.78 is 0. The number of fused-ring (bicyclic) bond motifs is 1. The number of amides is 4. The third-order valence-electron chi connectivity index (χ3n) is 6.31. The quantitative estimate of drug-likeness (QED) is 0.750. The number of piperazine rings is 1. The molecular formula is C25H31N5O3. The summed E-state index contributed by atoms with van der Waals surface area (Å²) in [7, 11) is 2.04. The highest BCUT2D eigenvalue weighted by Crippen LogP contribution is 2.27. The normalized spacial score (nSPS) is 19.0. The maximum absolute atomic E-state index is 13.5. The Labute approximate surface area is 194 Å². The lowest BCUT2D eigenvalue weighted by atomic mass is 10.1. The molecule has 2 aromatic rings. The fourth-order valence-corrected chi connectivity index (χ4v) is 4.27. The molecule has 8 heteroatoms. The molecule has 0 bridgehead atoms. The molecule has 0 spiro atoms. The first-order valence-electron chi connectivity index (χ1n) is 11.4. The van der Waals surface area contributed by atoms with Gasteiger partial charge >= 0.3 is 6.03 Å². The van der Waals surface area contributed by atoms with Crippen molar-refractivity contribution in [2.75, 3.05) is 50.0 Å². The lowest BCUT2D eigenvalue weighted by Crippen LogP contribution is -2.54.